The van der Waals surface area contributed by atoms with Gasteiger partial charge in [-0.2, -0.15) is 25.3 Å². The highest BCUT2D eigenvalue weighted by molar-refractivity contribution is 7.80. The van der Waals surface area contributed by atoms with Crippen molar-refractivity contribution in [3.63, 3.8) is 0 Å². The zero-order chi connectivity index (χ0) is 14.0. The molecule has 6 nitrogen and oxygen atoms in total. The Morgan fingerprint density at radius 3 is 2.28 bits per heavy atom. The van der Waals surface area contributed by atoms with Crippen LogP contribution in [0.15, 0.2) is 0 Å². The van der Waals surface area contributed by atoms with Gasteiger partial charge in [-0.25, -0.2) is 0 Å². The van der Waals surface area contributed by atoms with Crippen LogP contribution in [0.25, 0.3) is 0 Å². The molecule has 0 aromatic heterocycles. The van der Waals surface area contributed by atoms with Crippen LogP contribution in [0.1, 0.15) is 6.92 Å². The predicted molar refractivity (Wildman–Crippen MR) is 79.2 cm³/mol. The molecule has 0 unspecified atom stereocenters. The molecule has 0 saturated carbocycles. The van der Waals surface area contributed by atoms with Crippen molar-refractivity contribution in [2.75, 3.05) is 31.1 Å². The van der Waals surface area contributed by atoms with Crippen LogP contribution in [0.4, 0.5) is 0 Å². The molecule has 106 valence electrons. The van der Waals surface area contributed by atoms with Crippen molar-refractivity contribution in [1.29, 1.82) is 0 Å². The minimum absolute atomic E-state index is 0.0918. The molecule has 0 aromatic carbocycles. The highest BCUT2D eigenvalue weighted by atomic mass is 32.1. The van der Waals surface area contributed by atoms with Crippen LogP contribution in [-0.2, 0) is 9.59 Å². The topological polar surface area (TPSA) is 96.2 Å². The van der Waals surface area contributed by atoms with Crippen molar-refractivity contribution in [2.45, 2.75) is 19.0 Å². The van der Waals surface area contributed by atoms with Gasteiger partial charge in [0.15, 0.2) is 0 Å². The molecule has 2 atom stereocenters. The Balaban J connectivity index is 3.81. The van der Waals surface area contributed by atoms with Crippen molar-refractivity contribution in [3.05, 3.63) is 0 Å². The average Bonchev–Trinajstić information content (AvgIpc) is 2.37. The van der Waals surface area contributed by atoms with Gasteiger partial charge >= 0.3 is 0 Å². The maximum Gasteiger partial charge on any atom is 0.237 e. The molecule has 18 heavy (non-hydrogen) atoms. The normalized spacial score (nSPS) is 13.8. The number of likely N-dealkylation sites (N-methyl/N-ethyl adjacent to an activating group) is 1. The van der Waals surface area contributed by atoms with Crippen molar-refractivity contribution in [3.8, 4) is 0 Å². The summed E-state index contributed by atoms with van der Waals surface area (Å²) in [6.45, 7) is 3.32. The number of hydrogen-bond donors (Lipinski definition) is 6. The van der Waals surface area contributed by atoms with Gasteiger partial charge in [-0.05, 0) is 6.92 Å². The number of nitrogens with one attached hydrogen (secondary N) is 3. The second kappa shape index (κ2) is 10.5. The van der Waals surface area contributed by atoms with Gasteiger partial charge in [-0.1, -0.05) is 0 Å². The Hall–Kier alpha value is -0.440. The zero-order valence-electron chi connectivity index (χ0n) is 10.5. The molecule has 5 N–H and O–H groups in total. The Labute approximate surface area is 119 Å². The van der Waals surface area contributed by atoms with Gasteiger partial charge in [0.25, 0.3) is 0 Å². The number of nitrogens with two attached hydrogens (primary N) is 1. The second-order valence-corrected chi connectivity index (χ2v) is 4.39. The third-order valence-electron chi connectivity index (χ3n) is 2.20. The van der Waals surface area contributed by atoms with Gasteiger partial charge in [0.2, 0.25) is 11.8 Å². The fourth-order valence-electron chi connectivity index (χ4n) is 1.18. The minimum Gasteiger partial charge on any atom is -0.355 e. The van der Waals surface area contributed by atoms with Gasteiger partial charge in [0.1, 0.15) is 0 Å². The van der Waals surface area contributed by atoms with Gasteiger partial charge in [0.05, 0.1) is 12.1 Å². The Morgan fingerprint density at radius 1 is 1.11 bits per heavy atom. The molecule has 0 spiro atoms. The van der Waals surface area contributed by atoms with E-state index in [1.807, 2.05) is 6.92 Å². The highest BCUT2D eigenvalue weighted by Crippen LogP contribution is 1.88. The van der Waals surface area contributed by atoms with Crippen molar-refractivity contribution in [1.82, 2.24) is 16.0 Å². The van der Waals surface area contributed by atoms with Gasteiger partial charge in [0, 0.05) is 31.1 Å². The van der Waals surface area contributed by atoms with E-state index in [4.69, 9.17) is 5.73 Å². The summed E-state index contributed by atoms with van der Waals surface area (Å²) in [5.74, 6) is 0.367. The maximum atomic E-state index is 11.5. The molecule has 0 aliphatic heterocycles. The molecular formula is C10H22N4O2S2. The van der Waals surface area contributed by atoms with Crippen molar-refractivity contribution >= 4 is 37.1 Å². The number of carbonyl (C=O) groups is 2. The Morgan fingerprint density at radius 2 is 1.78 bits per heavy atom. The van der Waals surface area contributed by atoms with E-state index in [0.29, 0.717) is 31.1 Å². The van der Waals surface area contributed by atoms with E-state index >= 15 is 0 Å². The predicted octanol–water partition coefficient (Wildman–Crippen LogP) is -1.62. The molecule has 0 aromatic rings. The van der Waals surface area contributed by atoms with Crippen molar-refractivity contribution < 1.29 is 9.59 Å². The highest BCUT2D eigenvalue weighted by Gasteiger charge is 2.15. The molecule has 0 heterocycles. The van der Waals surface area contributed by atoms with Crippen LogP contribution in [0.3, 0.4) is 0 Å². The summed E-state index contributed by atoms with van der Waals surface area (Å²) in [4.78, 5) is 22.8. The molecule has 8 heteroatoms. The third-order valence-corrected chi connectivity index (χ3v) is 2.96. The van der Waals surface area contributed by atoms with Gasteiger partial charge in [-0.15, -0.1) is 0 Å². The van der Waals surface area contributed by atoms with E-state index in [1.54, 1.807) is 0 Å². The van der Waals surface area contributed by atoms with E-state index in [1.165, 1.54) is 0 Å². The molecule has 0 saturated heterocycles. The lowest BCUT2D eigenvalue weighted by atomic mass is 10.3. The first-order valence-electron chi connectivity index (χ1n) is 5.82. The van der Waals surface area contributed by atoms with Crippen LogP contribution in [0.5, 0.6) is 0 Å². The van der Waals surface area contributed by atoms with Gasteiger partial charge in [-0.3, -0.25) is 9.59 Å². The Kier molecular flexibility index (Phi) is 10.2. The molecule has 0 radical (unpaired) electrons. The largest absolute Gasteiger partial charge is 0.355 e. The maximum absolute atomic E-state index is 11.5. The van der Waals surface area contributed by atoms with Gasteiger partial charge < -0.3 is 21.7 Å². The molecule has 0 fully saturated rings. The van der Waals surface area contributed by atoms with Crippen LogP contribution >= 0.6 is 25.3 Å². The smallest absolute Gasteiger partial charge is 0.237 e. The first-order valence-corrected chi connectivity index (χ1v) is 7.09. The second-order valence-electron chi connectivity index (χ2n) is 3.66. The molecule has 2 amide bonds. The van der Waals surface area contributed by atoms with Crippen LogP contribution in [0, 0.1) is 0 Å². The lowest BCUT2D eigenvalue weighted by Crippen LogP contribution is -2.49. The first-order chi connectivity index (χ1) is 8.56. The van der Waals surface area contributed by atoms with E-state index in [2.05, 4.69) is 41.2 Å². The molecule has 0 rings (SSSR count). The fraction of sp³-hybridized carbons (Fsp3) is 0.800. The van der Waals surface area contributed by atoms with E-state index in [0.717, 1.165) is 0 Å². The summed E-state index contributed by atoms with van der Waals surface area (Å²) in [6.07, 6.45) is 0. The summed E-state index contributed by atoms with van der Waals surface area (Å²) < 4.78 is 0. The minimum atomic E-state index is -0.600. The average molecular weight is 294 g/mol. The monoisotopic (exact) mass is 294 g/mol. The first kappa shape index (κ1) is 17.6. The zero-order valence-corrected chi connectivity index (χ0v) is 12.3. The molecule has 0 aliphatic carbocycles. The molecule has 0 bridgehead atoms. The lowest BCUT2D eigenvalue weighted by molar-refractivity contribution is -0.122. The van der Waals surface area contributed by atoms with E-state index < -0.39 is 6.04 Å². The third kappa shape index (κ3) is 7.10. The lowest BCUT2D eigenvalue weighted by Gasteiger charge is -2.16. The van der Waals surface area contributed by atoms with Crippen LogP contribution in [-0.4, -0.2) is 55.0 Å². The number of hydrogen-bond acceptors (Lipinski definition) is 6. The summed E-state index contributed by atoms with van der Waals surface area (Å²) >= 11 is 8.03. The van der Waals surface area contributed by atoms with Crippen molar-refractivity contribution in [2.24, 2.45) is 5.73 Å². The summed E-state index contributed by atoms with van der Waals surface area (Å²) in [7, 11) is 0. The SMILES string of the molecule is CCNC(=O)[C@@H](CS)NCCNC(=O)[C@H](N)CS. The standard InChI is InChI=1S/C10H22N4O2S2/c1-2-12-10(16)8(6-18)13-3-4-14-9(15)7(11)5-17/h7-8,13,17-18H,2-6,11H2,1H3,(H,12,16)(H,14,15)/t7-,8-/m1/s1. The fourth-order valence-corrected chi connectivity index (χ4v) is 1.64. The van der Waals surface area contributed by atoms with Crippen LogP contribution in [0.2, 0.25) is 0 Å². The van der Waals surface area contributed by atoms with E-state index in [9.17, 15) is 9.59 Å². The molecule has 0 aliphatic rings. The quantitative estimate of drug-likeness (QED) is 0.228. The number of carbonyl (C=O) groups excluding carboxylic acids is 2. The number of thiol groups is 2. The summed E-state index contributed by atoms with van der Waals surface area (Å²) in [5.41, 5.74) is 5.49. The summed E-state index contributed by atoms with van der Waals surface area (Å²) in [6, 6.07) is -0.957. The van der Waals surface area contributed by atoms with Crippen LogP contribution < -0.4 is 21.7 Å². The molecular weight excluding hydrogens is 272 g/mol. The number of rotatable bonds is 9. The number of amides is 2. The van der Waals surface area contributed by atoms with E-state index in [-0.39, 0.29) is 17.9 Å². The Bertz CT molecular complexity index is 266. The summed E-state index contributed by atoms with van der Waals surface area (Å²) in [5, 5.41) is 8.36.